The number of hydrogen-bond acceptors (Lipinski definition) is 4. The first-order valence-electron chi connectivity index (χ1n) is 9.42. The lowest BCUT2D eigenvalue weighted by Crippen LogP contribution is -2.23. The van der Waals surface area contributed by atoms with Crippen molar-refractivity contribution in [2.45, 2.75) is 26.7 Å². The van der Waals surface area contributed by atoms with Crippen molar-refractivity contribution in [2.75, 3.05) is 13.2 Å². The third-order valence-electron chi connectivity index (χ3n) is 4.86. The Hall–Kier alpha value is -3.14. The van der Waals surface area contributed by atoms with Crippen LogP contribution in [0.4, 0.5) is 0 Å². The van der Waals surface area contributed by atoms with Crippen LogP contribution in [-0.2, 0) is 0 Å². The molecular weight excluding hydrogens is 352 g/mol. The summed E-state index contributed by atoms with van der Waals surface area (Å²) in [6, 6.07) is 10.2. The van der Waals surface area contributed by atoms with Gasteiger partial charge in [0, 0.05) is 11.1 Å². The molecule has 0 aromatic heterocycles. The minimum absolute atomic E-state index is 0.234. The zero-order chi connectivity index (χ0) is 20.3. The smallest absolute Gasteiger partial charge is 0.198 e. The van der Waals surface area contributed by atoms with Crippen molar-refractivity contribution in [1.82, 2.24) is 0 Å². The molecule has 2 aromatic carbocycles. The van der Waals surface area contributed by atoms with Crippen molar-refractivity contribution in [1.29, 1.82) is 0 Å². The Balaban J connectivity index is 2.09. The Kier molecular flexibility index (Phi) is 5.78. The molecule has 4 heteroatoms. The molecule has 0 heterocycles. The highest BCUT2D eigenvalue weighted by Gasteiger charge is 2.35. The molecule has 1 aliphatic carbocycles. The van der Waals surface area contributed by atoms with Crippen LogP contribution in [0.5, 0.6) is 11.5 Å². The Labute approximate surface area is 165 Å². The molecule has 0 fully saturated rings. The lowest BCUT2D eigenvalue weighted by atomic mass is 9.83. The highest BCUT2D eigenvalue weighted by Crippen LogP contribution is 2.39. The van der Waals surface area contributed by atoms with Gasteiger partial charge in [-0.05, 0) is 36.1 Å². The van der Waals surface area contributed by atoms with Gasteiger partial charge in [-0.1, -0.05) is 51.3 Å². The molecule has 0 saturated carbocycles. The second-order valence-corrected chi connectivity index (χ2v) is 6.80. The van der Waals surface area contributed by atoms with Crippen molar-refractivity contribution in [2.24, 2.45) is 0 Å². The molecule has 144 valence electrons. The molecule has 0 N–H and O–H groups in total. The molecule has 0 bridgehead atoms. The van der Waals surface area contributed by atoms with Gasteiger partial charge in [0.15, 0.2) is 11.6 Å². The van der Waals surface area contributed by atoms with Gasteiger partial charge in [-0.2, -0.15) is 0 Å². The van der Waals surface area contributed by atoms with Crippen molar-refractivity contribution >= 4 is 11.6 Å². The first-order chi connectivity index (χ1) is 13.5. The van der Waals surface area contributed by atoms with E-state index in [1.54, 1.807) is 36.4 Å². The van der Waals surface area contributed by atoms with Crippen LogP contribution in [0, 0.1) is 0 Å². The van der Waals surface area contributed by atoms with Crippen LogP contribution >= 0.6 is 0 Å². The van der Waals surface area contributed by atoms with E-state index in [-0.39, 0.29) is 22.7 Å². The summed E-state index contributed by atoms with van der Waals surface area (Å²) in [7, 11) is 0. The lowest BCUT2D eigenvalue weighted by molar-refractivity contribution is 0.0972. The predicted octanol–water partition coefficient (Wildman–Crippen LogP) is 5.15. The van der Waals surface area contributed by atoms with Gasteiger partial charge in [-0.25, -0.2) is 0 Å². The fraction of sp³-hybridized carbons (Fsp3) is 0.250. The number of fused-ring (bicyclic) bond motifs is 2. The average molecular weight is 376 g/mol. The molecule has 0 saturated heterocycles. The molecule has 0 radical (unpaired) electrons. The maximum Gasteiger partial charge on any atom is 0.198 e. The van der Waals surface area contributed by atoms with E-state index in [1.165, 1.54) is 0 Å². The van der Waals surface area contributed by atoms with Crippen LogP contribution < -0.4 is 9.47 Å². The Bertz CT molecular complexity index is 891. The molecule has 1 aliphatic rings. The first-order valence-corrected chi connectivity index (χ1v) is 9.42. The summed E-state index contributed by atoms with van der Waals surface area (Å²) >= 11 is 0. The van der Waals surface area contributed by atoms with Crippen molar-refractivity contribution < 1.29 is 19.1 Å². The van der Waals surface area contributed by atoms with E-state index in [0.29, 0.717) is 35.8 Å². The first kappa shape index (κ1) is 19.6. The fourth-order valence-corrected chi connectivity index (χ4v) is 2.97. The van der Waals surface area contributed by atoms with Crippen molar-refractivity contribution in [3.8, 4) is 11.5 Å². The largest absolute Gasteiger partial charge is 0.488 e. The van der Waals surface area contributed by atoms with Crippen molar-refractivity contribution in [3.63, 3.8) is 0 Å². The number of carbonyl (C=O) groups is 2. The van der Waals surface area contributed by atoms with Gasteiger partial charge < -0.3 is 9.47 Å². The standard InChI is InChI=1S/C24H24O4/c1-5-15(3)13-27-19-11-12-20(28-14-16(4)6-2)22-21(19)23(25)17-9-7-8-10-18(17)24(22)26/h7-12H,3-6,13-14H2,1-2H3. The topological polar surface area (TPSA) is 52.6 Å². The van der Waals surface area contributed by atoms with E-state index in [4.69, 9.17) is 9.47 Å². The van der Waals surface area contributed by atoms with E-state index >= 15 is 0 Å². The number of ketones is 2. The van der Waals surface area contributed by atoms with Crippen LogP contribution in [0.3, 0.4) is 0 Å². The van der Waals surface area contributed by atoms with Crippen LogP contribution in [-0.4, -0.2) is 24.8 Å². The van der Waals surface area contributed by atoms with Gasteiger partial charge in [0.2, 0.25) is 0 Å². The monoisotopic (exact) mass is 376 g/mol. The Morgan fingerprint density at radius 2 is 1.14 bits per heavy atom. The minimum atomic E-state index is -0.234. The Morgan fingerprint density at radius 3 is 1.50 bits per heavy atom. The van der Waals surface area contributed by atoms with Crippen molar-refractivity contribution in [3.05, 3.63) is 83.0 Å². The van der Waals surface area contributed by atoms with Crippen LogP contribution in [0.15, 0.2) is 60.7 Å². The summed E-state index contributed by atoms with van der Waals surface area (Å²) < 4.78 is 11.7. The number of hydrogen-bond donors (Lipinski definition) is 0. The van der Waals surface area contributed by atoms with E-state index < -0.39 is 0 Å². The number of rotatable bonds is 8. The minimum Gasteiger partial charge on any atom is -0.488 e. The molecule has 0 amide bonds. The summed E-state index contributed by atoms with van der Waals surface area (Å²) in [5.41, 5.74) is 3.09. The van der Waals surface area contributed by atoms with Crippen LogP contribution in [0.1, 0.15) is 58.5 Å². The summed E-state index contributed by atoms with van der Waals surface area (Å²) in [6.07, 6.45) is 1.55. The van der Waals surface area contributed by atoms with Gasteiger partial charge in [0.05, 0.1) is 11.1 Å². The SMILES string of the molecule is C=C(CC)COc1ccc(OCC(=C)CC)c2c1C(=O)c1ccccc1C2=O. The summed E-state index contributed by atoms with van der Waals surface area (Å²) in [5.74, 6) is 0.280. The van der Waals surface area contributed by atoms with E-state index in [9.17, 15) is 9.59 Å². The highest BCUT2D eigenvalue weighted by molar-refractivity contribution is 6.30. The third kappa shape index (κ3) is 3.63. The molecule has 0 atom stereocenters. The van der Waals surface area contributed by atoms with Crippen LogP contribution in [0.25, 0.3) is 0 Å². The fourth-order valence-electron chi connectivity index (χ4n) is 2.97. The number of benzene rings is 2. The number of carbonyl (C=O) groups excluding carboxylic acids is 2. The summed E-state index contributed by atoms with van der Waals surface area (Å²) in [4.78, 5) is 26.4. The molecular formula is C24H24O4. The zero-order valence-electron chi connectivity index (χ0n) is 16.3. The zero-order valence-corrected chi connectivity index (χ0v) is 16.3. The van der Waals surface area contributed by atoms with Gasteiger partial charge in [-0.3, -0.25) is 9.59 Å². The van der Waals surface area contributed by atoms with Gasteiger partial charge in [0.1, 0.15) is 24.7 Å². The second kappa shape index (κ2) is 8.26. The normalized spacial score (nSPS) is 12.2. The van der Waals surface area contributed by atoms with Gasteiger partial charge in [-0.15, -0.1) is 0 Å². The molecule has 3 rings (SSSR count). The molecule has 2 aromatic rings. The molecule has 0 unspecified atom stereocenters. The molecule has 4 nitrogen and oxygen atoms in total. The summed E-state index contributed by atoms with van der Waals surface area (Å²) in [5, 5.41) is 0. The maximum absolute atomic E-state index is 13.2. The quantitative estimate of drug-likeness (QED) is 0.510. The molecule has 0 aliphatic heterocycles. The van der Waals surface area contributed by atoms with Crippen LogP contribution in [0.2, 0.25) is 0 Å². The summed E-state index contributed by atoms with van der Waals surface area (Å²) in [6.45, 7) is 12.4. The maximum atomic E-state index is 13.2. The third-order valence-corrected chi connectivity index (χ3v) is 4.86. The van der Waals surface area contributed by atoms with Gasteiger partial charge in [0.25, 0.3) is 0 Å². The number of ether oxygens (including phenoxy) is 2. The van der Waals surface area contributed by atoms with E-state index in [0.717, 1.165) is 24.0 Å². The van der Waals surface area contributed by atoms with E-state index in [2.05, 4.69) is 13.2 Å². The predicted molar refractivity (Wildman–Crippen MR) is 110 cm³/mol. The Morgan fingerprint density at radius 1 is 0.750 bits per heavy atom. The molecule has 28 heavy (non-hydrogen) atoms. The molecule has 0 spiro atoms. The average Bonchev–Trinajstić information content (AvgIpc) is 2.73. The lowest BCUT2D eigenvalue weighted by Gasteiger charge is -2.23. The van der Waals surface area contributed by atoms with Gasteiger partial charge >= 0.3 is 0 Å². The van der Waals surface area contributed by atoms with E-state index in [1.807, 2.05) is 13.8 Å². The highest BCUT2D eigenvalue weighted by atomic mass is 16.5. The second-order valence-electron chi connectivity index (χ2n) is 6.80.